The molecule has 2 rings (SSSR count). The van der Waals surface area contributed by atoms with Crippen molar-refractivity contribution in [3.63, 3.8) is 0 Å². The highest BCUT2D eigenvalue weighted by Gasteiger charge is 2.22. The average molecular weight is 275 g/mol. The van der Waals surface area contributed by atoms with Gasteiger partial charge in [0.1, 0.15) is 0 Å². The zero-order valence-corrected chi connectivity index (χ0v) is 12.3. The van der Waals surface area contributed by atoms with E-state index < -0.39 is 0 Å². The normalized spacial score (nSPS) is 21.1. The number of piperidine rings is 1. The summed E-state index contributed by atoms with van der Waals surface area (Å²) in [6, 6.07) is 8.61. The van der Waals surface area contributed by atoms with E-state index in [4.69, 9.17) is 10.9 Å². The second-order valence-corrected chi connectivity index (χ2v) is 5.55. The maximum absolute atomic E-state index is 8.90. The Morgan fingerprint density at radius 3 is 2.95 bits per heavy atom. The first kappa shape index (κ1) is 14.9. The fraction of sp³-hybridized carbons (Fsp3) is 0.562. The molecular formula is C16H25N3O. The van der Waals surface area contributed by atoms with Crippen LogP contribution in [0, 0.1) is 0 Å². The van der Waals surface area contributed by atoms with Crippen LogP contribution in [-0.4, -0.2) is 28.5 Å². The second-order valence-electron chi connectivity index (χ2n) is 5.55. The van der Waals surface area contributed by atoms with Gasteiger partial charge in [0, 0.05) is 18.2 Å². The van der Waals surface area contributed by atoms with Crippen molar-refractivity contribution >= 4 is 5.84 Å². The number of rotatable bonds is 5. The molecule has 1 aliphatic rings. The van der Waals surface area contributed by atoms with E-state index in [9.17, 15) is 0 Å². The standard InChI is InChI=1S/C16H25N3O/c1-2-7-14-9-5-6-11-19(14)12-13-8-3-4-10-15(13)16(17)18-20/h3-4,8,10,14,20H,2,5-7,9,11-12H2,1H3,(H2,17,18). The van der Waals surface area contributed by atoms with Gasteiger partial charge in [-0.3, -0.25) is 4.90 Å². The van der Waals surface area contributed by atoms with E-state index in [1.165, 1.54) is 32.1 Å². The Bertz CT molecular complexity index is 457. The summed E-state index contributed by atoms with van der Waals surface area (Å²) in [5, 5.41) is 12.0. The monoisotopic (exact) mass is 275 g/mol. The van der Waals surface area contributed by atoms with Crippen LogP contribution in [0.5, 0.6) is 0 Å². The fourth-order valence-corrected chi connectivity index (χ4v) is 3.11. The van der Waals surface area contributed by atoms with Crippen LogP contribution in [-0.2, 0) is 6.54 Å². The number of nitrogens with two attached hydrogens (primary N) is 1. The van der Waals surface area contributed by atoms with E-state index in [1.807, 2.05) is 18.2 Å². The van der Waals surface area contributed by atoms with Crippen LogP contribution in [0.1, 0.15) is 50.2 Å². The number of amidine groups is 1. The minimum atomic E-state index is 0.199. The topological polar surface area (TPSA) is 61.8 Å². The molecule has 4 heteroatoms. The van der Waals surface area contributed by atoms with Crippen molar-refractivity contribution in [3.8, 4) is 0 Å². The molecule has 1 aromatic rings. The summed E-state index contributed by atoms with van der Waals surface area (Å²) in [5.41, 5.74) is 7.76. The molecule has 0 radical (unpaired) electrons. The van der Waals surface area contributed by atoms with Gasteiger partial charge in [-0.25, -0.2) is 0 Å². The Morgan fingerprint density at radius 2 is 2.20 bits per heavy atom. The molecule has 0 saturated carbocycles. The molecule has 0 amide bonds. The number of oxime groups is 1. The van der Waals surface area contributed by atoms with Crippen LogP contribution < -0.4 is 5.73 Å². The molecule has 1 fully saturated rings. The quantitative estimate of drug-likeness (QED) is 0.376. The molecule has 110 valence electrons. The molecule has 4 nitrogen and oxygen atoms in total. The summed E-state index contributed by atoms with van der Waals surface area (Å²) >= 11 is 0. The molecule has 1 atom stereocenters. The van der Waals surface area contributed by atoms with Crippen molar-refractivity contribution in [2.24, 2.45) is 10.9 Å². The third kappa shape index (κ3) is 3.51. The molecule has 1 heterocycles. The van der Waals surface area contributed by atoms with Gasteiger partial charge in [0.25, 0.3) is 0 Å². The van der Waals surface area contributed by atoms with E-state index in [0.29, 0.717) is 6.04 Å². The number of hydrogen-bond acceptors (Lipinski definition) is 3. The maximum Gasteiger partial charge on any atom is 0.170 e. The highest BCUT2D eigenvalue weighted by atomic mass is 16.4. The molecule has 1 saturated heterocycles. The van der Waals surface area contributed by atoms with Crippen molar-refractivity contribution in [1.29, 1.82) is 0 Å². The third-order valence-electron chi connectivity index (χ3n) is 4.15. The highest BCUT2D eigenvalue weighted by molar-refractivity contribution is 5.98. The van der Waals surface area contributed by atoms with Gasteiger partial charge in [-0.15, -0.1) is 0 Å². The lowest BCUT2D eigenvalue weighted by atomic mass is 9.96. The zero-order valence-electron chi connectivity index (χ0n) is 12.3. The van der Waals surface area contributed by atoms with Crippen LogP contribution in [0.4, 0.5) is 0 Å². The van der Waals surface area contributed by atoms with Crippen molar-refractivity contribution in [1.82, 2.24) is 4.90 Å². The molecule has 0 spiro atoms. The van der Waals surface area contributed by atoms with Crippen LogP contribution in [0.25, 0.3) is 0 Å². The first-order valence-corrected chi connectivity index (χ1v) is 7.56. The van der Waals surface area contributed by atoms with Gasteiger partial charge in [0.05, 0.1) is 0 Å². The van der Waals surface area contributed by atoms with Gasteiger partial charge in [-0.2, -0.15) is 0 Å². The molecule has 20 heavy (non-hydrogen) atoms. The van der Waals surface area contributed by atoms with Gasteiger partial charge in [-0.05, 0) is 31.4 Å². The number of hydrogen-bond donors (Lipinski definition) is 2. The van der Waals surface area contributed by atoms with Crippen LogP contribution >= 0.6 is 0 Å². The Labute approximate surface area is 121 Å². The third-order valence-corrected chi connectivity index (χ3v) is 4.15. The predicted octanol–water partition coefficient (Wildman–Crippen LogP) is 2.94. The van der Waals surface area contributed by atoms with Crippen molar-refractivity contribution in [2.75, 3.05) is 6.54 Å². The van der Waals surface area contributed by atoms with Crippen molar-refractivity contribution < 1.29 is 5.21 Å². The largest absolute Gasteiger partial charge is 0.409 e. The lowest BCUT2D eigenvalue weighted by molar-refractivity contribution is 0.131. The summed E-state index contributed by atoms with van der Waals surface area (Å²) in [7, 11) is 0. The minimum Gasteiger partial charge on any atom is -0.409 e. The number of likely N-dealkylation sites (tertiary alicyclic amines) is 1. The van der Waals surface area contributed by atoms with Gasteiger partial charge in [-0.1, -0.05) is 49.2 Å². The van der Waals surface area contributed by atoms with Crippen molar-refractivity contribution in [2.45, 2.75) is 51.6 Å². The van der Waals surface area contributed by atoms with Gasteiger partial charge < -0.3 is 10.9 Å². The number of benzene rings is 1. The summed E-state index contributed by atoms with van der Waals surface area (Å²) in [4.78, 5) is 2.55. The van der Waals surface area contributed by atoms with E-state index in [2.05, 4.69) is 23.0 Å². The second kappa shape index (κ2) is 7.29. The van der Waals surface area contributed by atoms with E-state index in [-0.39, 0.29) is 5.84 Å². The fourth-order valence-electron chi connectivity index (χ4n) is 3.11. The van der Waals surface area contributed by atoms with E-state index >= 15 is 0 Å². The van der Waals surface area contributed by atoms with Crippen LogP contribution in [0.15, 0.2) is 29.4 Å². The molecule has 1 aliphatic heterocycles. The number of nitrogens with zero attached hydrogens (tertiary/aromatic N) is 2. The van der Waals surface area contributed by atoms with Gasteiger partial charge in [0.2, 0.25) is 0 Å². The smallest absolute Gasteiger partial charge is 0.170 e. The lowest BCUT2D eigenvalue weighted by Crippen LogP contribution is -2.39. The van der Waals surface area contributed by atoms with Crippen LogP contribution in [0.3, 0.4) is 0 Å². The Balaban J connectivity index is 2.16. The molecule has 1 aromatic carbocycles. The Hall–Kier alpha value is -1.55. The lowest BCUT2D eigenvalue weighted by Gasteiger charge is -2.36. The first-order chi connectivity index (χ1) is 9.76. The Morgan fingerprint density at radius 1 is 1.40 bits per heavy atom. The van der Waals surface area contributed by atoms with Crippen LogP contribution in [0.2, 0.25) is 0 Å². The maximum atomic E-state index is 8.90. The molecule has 1 unspecified atom stereocenters. The summed E-state index contributed by atoms with van der Waals surface area (Å²) in [6.45, 7) is 4.28. The summed E-state index contributed by atoms with van der Waals surface area (Å²) < 4.78 is 0. The minimum absolute atomic E-state index is 0.199. The molecule has 0 aromatic heterocycles. The molecular weight excluding hydrogens is 250 g/mol. The van der Waals surface area contributed by atoms with E-state index in [1.54, 1.807) is 0 Å². The summed E-state index contributed by atoms with van der Waals surface area (Å²) in [6.07, 6.45) is 6.38. The molecule has 3 N–H and O–H groups in total. The van der Waals surface area contributed by atoms with Gasteiger partial charge >= 0.3 is 0 Å². The van der Waals surface area contributed by atoms with Crippen molar-refractivity contribution in [3.05, 3.63) is 35.4 Å². The highest BCUT2D eigenvalue weighted by Crippen LogP contribution is 2.24. The predicted molar refractivity (Wildman–Crippen MR) is 81.9 cm³/mol. The summed E-state index contributed by atoms with van der Waals surface area (Å²) in [5.74, 6) is 0.199. The Kier molecular flexibility index (Phi) is 5.41. The molecule has 0 aliphatic carbocycles. The van der Waals surface area contributed by atoms with Gasteiger partial charge in [0.15, 0.2) is 5.84 Å². The molecule has 0 bridgehead atoms. The SMILES string of the molecule is CCCC1CCCCN1Cc1ccccc1/C(N)=N/O. The van der Waals surface area contributed by atoms with E-state index in [0.717, 1.165) is 24.2 Å². The zero-order chi connectivity index (χ0) is 14.4. The average Bonchev–Trinajstić information content (AvgIpc) is 2.49. The first-order valence-electron chi connectivity index (χ1n) is 7.56.